The number of hydrogen-bond acceptors (Lipinski definition) is 4. The molecule has 1 aromatic heterocycles. The van der Waals surface area contributed by atoms with Crippen molar-refractivity contribution in [1.29, 1.82) is 0 Å². The number of amides is 1. The first-order valence-electron chi connectivity index (χ1n) is 5.34. The van der Waals surface area contributed by atoms with E-state index in [1.165, 1.54) is 6.07 Å². The molecule has 0 radical (unpaired) electrons. The van der Waals surface area contributed by atoms with Crippen molar-refractivity contribution in [3.05, 3.63) is 23.7 Å². The first kappa shape index (κ1) is 11.7. The third-order valence-electron chi connectivity index (χ3n) is 2.79. The van der Waals surface area contributed by atoms with E-state index in [2.05, 4.69) is 0 Å². The van der Waals surface area contributed by atoms with Crippen LogP contribution in [0.25, 0.3) is 0 Å². The molecule has 0 aliphatic carbocycles. The van der Waals surface area contributed by atoms with Gasteiger partial charge in [0.2, 0.25) is 11.7 Å². The van der Waals surface area contributed by atoms with Gasteiger partial charge in [0.1, 0.15) is 5.76 Å². The Kier molecular flexibility index (Phi) is 3.14. The Labute approximate surface area is 98.4 Å². The topological polar surface area (TPSA) is 74.0 Å². The Hall–Kier alpha value is -1.82. The summed E-state index contributed by atoms with van der Waals surface area (Å²) in [5, 5.41) is 8.71. The van der Waals surface area contributed by atoms with Crippen LogP contribution in [0.5, 0.6) is 0 Å². The summed E-state index contributed by atoms with van der Waals surface area (Å²) in [6.07, 6.45) is 0. The quantitative estimate of drug-likeness (QED) is 0.817. The highest BCUT2D eigenvalue weighted by molar-refractivity contribution is 5.84. The summed E-state index contributed by atoms with van der Waals surface area (Å²) in [4.78, 5) is 25.7. The van der Waals surface area contributed by atoms with Crippen LogP contribution in [0.1, 0.15) is 16.3 Å². The van der Waals surface area contributed by atoms with E-state index in [0.717, 1.165) is 6.54 Å². The molecule has 0 unspecified atom stereocenters. The molecule has 17 heavy (non-hydrogen) atoms. The maximum atomic E-state index is 11.5. The van der Waals surface area contributed by atoms with Gasteiger partial charge in [0, 0.05) is 20.1 Å². The minimum atomic E-state index is -1.08. The second kappa shape index (κ2) is 4.58. The van der Waals surface area contributed by atoms with E-state index in [1.54, 1.807) is 18.0 Å². The van der Waals surface area contributed by atoms with Gasteiger partial charge in [-0.3, -0.25) is 9.69 Å². The first-order valence-corrected chi connectivity index (χ1v) is 5.34. The Morgan fingerprint density at radius 2 is 2.24 bits per heavy atom. The third kappa shape index (κ3) is 2.65. The Morgan fingerprint density at radius 3 is 2.82 bits per heavy atom. The SMILES string of the molecule is CN1CCN(Cc2ccc(C(=O)O)o2)CC1=O. The molecule has 0 aromatic carbocycles. The van der Waals surface area contributed by atoms with Crippen molar-refractivity contribution in [2.75, 3.05) is 26.7 Å². The van der Waals surface area contributed by atoms with Crippen LogP contribution < -0.4 is 0 Å². The smallest absolute Gasteiger partial charge is 0.371 e. The molecule has 2 heterocycles. The molecule has 0 saturated carbocycles. The number of piperazine rings is 1. The van der Waals surface area contributed by atoms with Gasteiger partial charge in [-0.1, -0.05) is 0 Å². The fourth-order valence-electron chi connectivity index (χ4n) is 1.74. The van der Waals surface area contributed by atoms with Gasteiger partial charge in [-0.15, -0.1) is 0 Å². The largest absolute Gasteiger partial charge is 0.475 e. The molecule has 0 bridgehead atoms. The second-order valence-corrected chi connectivity index (χ2v) is 4.10. The van der Waals surface area contributed by atoms with Crippen LogP contribution in [0.2, 0.25) is 0 Å². The van der Waals surface area contributed by atoms with Gasteiger partial charge in [-0.05, 0) is 12.1 Å². The lowest BCUT2D eigenvalue weighted by Crippen LogP contribution is -2.47. The fourth-order valence-corrected chi connectivity index (χ4v) is 1.74. The van der Waals surface area contributed by atoms with Crippen molar-refractivity contribution in [1.82, 2.24) is 9.80 Å². The molecule has 1 N–H and O–H groups in total. The van der Waals surface area contributed by atoms with E-state index in [0.29, 0.717) is 25.4 Å². The van der Waals surface area contributed by atoms with Gasteiger partial charge in [0.25, 0.3) is 0 Å². The normalized spacial score (nSPS) is 17.5. The summed E-state index contributed by atoms with van der Waals surface area (Å²) >= 11 is 0. The average Bonchev–Trinajstić information content (AvgIpc) is 2.72. The molecule has 1 aromatic rings. The highest BCUT2D eigenvalue weighted by Gasteiger charge is 2.22. The predicted molar refractivity (Wildman–Crippen MR) is 58.6 cm³/mol. The maximum Gasteiger partial charge on any atom is 0.371 e. The van der Waals surface area contributed by atoms with Crippen LogP contribution in [0, 0.1) is 0 Å². The molecule has 1 fully saturated rings. The van der Waals surface area contributed by atoms with Crippen LogP contribution in [-0.2, 0) is 11.3 Å². The van der Waals surface area contributed by atoms with E-state index in [1.807, 2.05) is 4.90 Å². The van der Waals surface area contributed by atoms with Crippen molar-refractivity contribution in [2.45, 2.75) is 6.54 Å². The zero-order chi connectivity index (χ0) is 12.4. The number of likely N-dealkylation sites (N-methyl/N-ethyl adjacent to an activating group) is 1. The molecule has 92 valence electrons. The number of nitrogens with zero attached hydrogens (tertiary/aromatic N) is 2. The van der Waals surface area contributed by atoms with E-state index >= 15 is 0 Å². The number of carbonyl (C=O) groups excluding carboxylic acids is 1. The van der Waals surface area contributed by atoms with Crippen molar-refractivity contribution >= 4 is 11.9 Å². The fraction of sp³-hybridized carbons (Fsp3) is 0.455. The zero-order valence-electron chi connectivity index (χ0n) is 9.55. The molecule has 0 spiro atoms. The molecule has 6 heteroatoms. The third-order valence-corrected chi connectivity index (χ3v) is 2.79. The minimum Gasteiger partial charge on any atom is -0.475 e. The number of carboxylic acid groups (broad SMARTS) is 1. The summed E-state index contributed by atoms with van der Waals surface area (Å²) in [5.41, 5.74) is 0. The van der Waals surface area contributed by atoms with Crippen LogP contribution in [0.3, 0.4) is 0 Å². The lowest BCUT2D eigenvalue weighted by Gasteiger charge is -2.31. The van der Waals surface area contributed by atoms with Gasteiger partial charge in [0.15, 0.2) is 0 Å². The molecule has 1 amide bonds. The molecule has 2 rings (SSSR count). The minimum absolute atomic E-state index is 0.0690. The number of rotatable bonds is 3. The molecule has 1 saturated heterocycles. The standard InChI is InChI=1S/C11H14N2O4/c1-12-4-5-13(7-10(12)14)6-8-2-3-9(17-8)11(15)16/h2-3H,4-7H2,1H3,(H,15,16). The summed E-state index contributed by atoms with van der Waals surface area (Å²) in [5.74, 6) is -0.507. The lowest BCUT2D eigenvalue weighted by molar-refractivity contribution is -0.134. The molecule has 1 aliphatic rings. The van der Waals surface area contributed by atoms with Gasteiger partial charge >= 0.3 is 5.97 Å². The highest BCUT2D eigenvalue weighted by atomic mass is 16.4. The van der Waals surface area contributed by atoms with Gasteiger partial charge < -0.3 is 14.4 Å². The number of furan rings is 1. The second-order valence-electron chi connectivity index (χ2n) is 4.10. The Bertz CT molecular complexity index is 440. The summed E-state index contributed by atoms with van der Waals surface area (Å²) in [6.45, 7) is 2.27. The Morgan fingerprint density at radius 1 is 1.47 bits per heavy atom. The molecule has 6 nitrogen and oxygen atoms in total. The summed E-state index contributed by atoms with van der Waals surface area (Å²) in [6, 6.07) is 3.06. The molecule has 1 aliphatic heterocycles. The van der Waals surface area contributed by atoms with E-state index < -0.39 is 5.97 Å². The molecular formula is C11H14N2O4. The van der Waals surface area contributed by atoms with Gasteiger partial charge in [-0.2, -0.15) is 0 Å². The van der Waals surface area contributed by atoms with Crippen molar-refractivity contribution in [3.8, 4) is 0 Å². The lowest BCUT2D eigenvalue weighted by atomic mass is 10.3. The first-order chi connectivity index (χ1) is 8.06. The van der Waals surface area contributed by atoms with E-state index in [-0.39, 0.29) is 11.7 Å². The van der Waals surface area contributed by atoms with Crippen LogP contribution in [-0.4, -0.2) is 53.5 Å². The van der Waals surface area contributed by atoms with Crippen molar-refractivity contribution in [2.24, 2.45) is 0 Å². The van der Waals surface area contributed by atoms with Crippen LogP contribution >= 0.6 is 0 Å². The van der Waals surface area contributed by atoms with Crippen molar-refractivity contribution in [3.63, 3.8) is 0 Å². The summed E-state index contributed by atoms with van der Waals surface area (Å²) in [7, 11) is 1.77. The van der Waals surface area contributed by atoms with E-state index in [9.17, 15) is 9.59 Å². The number of aromatic carboxylic acids is 1. The highest BCUT2D eigenvalue weighted by Crippen LogP contribution is 2.12. The van der Waals surface area contributed by atoms with Crippen LogP contribution in [0.4, 0.5) is 0 Å². The van der Waals surface area contributed by atoms with E-state index in [4.69, 9.17) is 9.52 Å². The summed E-state index contributed by atoms with van der Waals surface area (Å²) < 4.78 is 5.14. The van der Waals surface area contributed by atoms with Gasteiger partial charge in [0.05, 0.1) is 13.1 Å². The molecular weight excluding hydrogens is 224 g/mol. The molecule has 0 atom stereocenters. The number of carbonyl (C=O) groups is 2. The number of carboxylic acids is 1. The predicted octanol–water partition coefficient (Wildman–Crippen LogP) is 0.252. The maximum absolute atomic E-state index is 11.5. The van der Waals surface area contributed by atoms with Crippen molar-refractivity contribution < 1.29 is 19.1 Å². The average molecular weight is 238 g/mol. The Balaban J connectivity index is 1.96. The van der Waals surface area contributed by atoms with Crippen LogP contribution in [0.15, 0.2) is 16.5 Å². The zero-order valence-corrected chi connectivity index (χ0v) is 9.55. The van der Waals surface area contributed by atoms with Gasteiger partial charge in [-0.25, -0.2) is 4.79 Å². The number of hydrogen-bond donors (Lipinski definition) is 1. The monoisotopic (exact) mass is 238 g/mol.